The number of ether oxygens (including phenoxy) is 1. The molecule has 1 aromatic heterocycles. The minimum absolute atomic E-state index is 0.177. The first-order valence-corrected chi connectivity index (χ1v) is 8.06. The molecule has 0 aliphatic carbocycles. The maximum absolute atomic E-state index is 12.6. The number of rotatable bonds is 4. The molecule has 0 aliphatic rings. The average molecular weight is 393 g/mol. The molecular weight excluding hydrogens is 379 g/mol. The molecule has 146 valence electrons. The van der Waals surface area contributed by atoms with Gasteiger partial charge in [0.25, 0.3) is 5.56 Å². The number of aromatic amines is 1. The van der Waals surface area contributed by atoms with Gasteiger partial charge in [0.1, 0.15) is 11.8 Å². The van der Waals surface area contributed by atoms with Gasteiger partial charge in [-0.3, -0.25) is 9.59 Å². The Kier molecular flexibility index (Phi) is 4.95. The highest BCUT2D eigenvalue weighted by atomic mass is 19.4. The first-order valence-electron chi connectivity index (χ1n) is 8.06. The number of amides is 1. The minimum Gasteiger partial charge on any atom is -0.406 e. The second-order valence-corrected chi connectivity index (χ2v) is 5.89. The number of nitrogens with zero attached hydrogens (tertiary/aromatic N) is 1. The fourth-order valence-corrected chi connectivity index (χ4v) is 2.63. The largest absolute Gasteiger partial charge is 0.573 e. The summed E-state index contributed by atoms with van der Waals surface area (Å²) in [6, 6.07) is 9.69. The molecule has 1 unspecified atom stereocenters. The normalized spacial score (nSPS) is 12.6. The summed E-state index contributed by atoms with van der Waals surface area (Å²) in [5.74, 6) is -1.13. The van der Waals surface area contributed by atoms with Crippen LogP contribution < -0.4 is 21.3 Å². The van der Waals surface area contributed by atoms with Crippen LogP contribution in [0.15, 0.2) is 58.1 Å². The number of hydrogen-bond donors (Lipinski definition) is 2. The van der Waals surface area contributed by atoms with Crippen LogP contribution in [0.5, 0.6) is 5.75 Å². The Morgan fingerprint density at radius 1 is 1.11 bits per heavy atom. The maximum atomic E-state index is 12.6. The highest BCUT2D eigenvalue weighted by molar-refractivity contribution is 5.93. The number of nitrogens with one attached hydrogen (secondary N) is 2. The Morgan fingerprint density at radius 2 is 1.75 bits per heavy atom. The monoisotopic (exact) mass is 393 g/mol. The van der Waals surface area contributed by atoms with Crippen LogP contribution in [-0.4, -0.2) is 21.8 Å². The van der Waals surface area contributed by atoms with Gasteiger partial charge in [0, 0.05) is 5.69 Å². The van der Waals surface area contributed by atoms with Gasteiger partial charge >= 0.3 is 12.1 Å². The number of H-pyrrole nitrogens is 1. The Labute approximate surface area is 155 Å². The van der Waals surface area contributed by atoms with Crippen molar-refractivity contribution in [2.75, 3.05) is 5.32 Å². The summed E-state index contributed by atoms with van der Waals surface area (Å²) in [4.78, 5) is 39.8. The van der Waals surface area contributed by atoms with E-state index in [-0.39, 0.29) is 11.1 Å². The number of alkyl halides is 3. The van der Waals surface area contributed by atoms with Gasteiger partial charge in [0.2, 0.25) is 5.91 Å². The summed E-state index contributed by atoms with van der Waals surface area (Å²) >= 11 is 0. The first kappa shape index (κ1) is 19.2. The average Bonchev–Trinajstić information content (AvgIpc) is 2.62. The number of carbonyl (C=O) groups excluding carboxylic acids is 1. The lowest BCUT2D eigenvalue weighted by atomic mass is 10.2. The SMILES string of the molecule is CC(C(=O)Nc1ccc(OC(F)(F)F)cc1)n1c(=O)[nH]c2ccccc2c1=O. The Hall–Kier alpha value is -3.56. The number of anilines is 1. The van der Waals surface area contributed by atoms with Crippen LogP contribution in [0.25, 0.3) is 10.9 Å². The van der Waals surface area contributed by atoms with Gasteiger partial charge < -0.3 is 15.0 Å². The van der Waals surface area contributed by atoms with Gasteiger partial charge in [-0.25, -0.2) is 9.36 Å². The molecule has 0 bridgehead atoms. The van der Waals surface area contributed by atoms with E-state index < -0.39 is 35.3 Å². The maximum Gasteiger partial charge on any atom is 0.573 e. The molecule has 0 aliphatic heterocycles. The van der Waals surface area contributed by atoms with Crippen molar-refractivity contribution in [2.24, 2.45) is 0 Å². The Morgan fingerprint density at radius 3 is 2.39 bits per heavy atom. The zero-order chi connectivity index (χ0) is 20.5. The zero-order valence-corrected chi connectivity index (χ0v) is 14.4. The van der Waals surface area contributed by atoms with Crippen molar-refractivity contribution in [3.8, 4) is 5.75 Å². The van der Waals surface area contributed by atoms with Crippen molar-refractivity contribution >= 4 is 22.5 Å². The molecule has 0 spiro atoms. The van der Waals surface area contributed by atoms with E-state index in [9.17, 15) is 27.6 Å². The molecule has 3 rings (SSSR count). The zero-order valence-electron chi connectivity index (χ0n) is 14.4. The van der Waals surface area contributed by atoms with Crippen molar-refractivity contribution in [1.82, 2.24) is 9.55 Å². The van der Waals surface area contributed by atoms with Gasteiger partial charge in [0.15, 0.2) is 0 Å². The van der Waals surface area contributed by atoms with E-state index >= 15 is 0 Å². The number of hydrogen-bond acceptors (Lipinski definition) is 4. The summed E-state index contributed by atoms with van der Waals surface area (Å²) in [7, 11) is 0. The molecule has 0 radical (unpaired) electrons. The number of carbonyl (C=O) groups is 1. The fraction of sp³-hybridized carbons (Fsp3) is 0.167. The number of halogens is 3. The van der Waals surface area contributed by atoms with Crippen molar-refractivity contribution in [3.05, 3.63) is 69.4 Å². The van der Waals surface area contributed by atoms with Crippen molar-refractivity contribution in [2.45, 2.75) is 19.3 Å². The van der Waals surface area contributed by atoms with Gasteiger partial charge in [-0.1, -0.05) is 12.1 Å². The summed E-state index contributed by atoms with van der Waals surface area (Å²) < 4.78 is 41.0. The van der Waals surface area contributed by atoms with Crippen molar-refractivity contribution < 1.29 is 22.7 Å². The lowest BCUT2D eigenvalue weighted by molar-refractivity contribution is -0.274. The van der Waals surface area contributed by atoms with Gasteiger partial charge in [-0.15, -0.1) is 13.2 Å². The third-order valence-electron chi connectivity index (χ3n) is 3.96. The standard InChI is InChI=1S/C18H14F3N3O4/c1-10(24-16(26)13-4-2-3-5-14(13)23-17(24)27)15(25)22-11-6-8-12(9-7-11)28-18(19,20)21/h2-10H,1H3,(H,22,25)(H,23,27). The van der Waals surface area contributed by atoms with Gasteiger partial charge in [0.05, 0.1) is 10.9 Å². The van der Waals surface area contributed by atoms with E-state index in [4.69, 9.17) is 0 Å². The third kappa shape index (κ3) is 4.05. The topological polar surface area (TPSA) is 93.2 Å². The minimum atomic E-state index is -4.82. The van der Waals surface area contributed by atoms with E-state index in [0.29, 0.717) is 5.52 Å². The molecule has 0 saturated heterocycles. The highest BCUT2D eigenvalue weighted by Crippen LogP contribution is 2.24. The summed E-state index contributed by atoms with van der Waals surface area (Å²) in [5, 5.41) is 2.69. The fourth-order valence-electron chi connectivity index (χ4n) is 2.63. The molecule has 10 heteroatoms. The number of para-hydroxylation sites is 1. The molecule has 2 aromatic carbocycles. The van der Waals surface area contributed by atoms with E-state index in [2.05, 4.69) is 15.0 Å². The van der Waals surface area contributed by atoms with Gasteiger partial charge in [-0.05, 0) is 43.3 Å². The molecule has 28 heavy (non-hydrogen) atoms. The summed E-state index contributed by atoms with van der Waals surface area (Å²) in [6.45, 7) is 1.36. The van der Waals surface area contributed by atoms with E-state index in [0.717, 1.165) is 16.7 Å². The van der Waals surface area contributed by atoms with Crippen LogP contribution in [0.1, 0.15) is 13.0 Å². The Balaban J connectivity index is 1.83. The van der Waals surface area contributed by atoms with Crippen LogP contribution in [0.2, 0.25) is 0 Å². The second-order valence-electron chi connectivity index (χ2n) is 5.89. The molecule has 2 N–H and O–H groups in total. The molecule has 7 nitrogen and oxygen atoms in total. The van der Waals surface area contributed by atoms with Crippen LogP contribution in [0, 0.1) is 0 Å². The molecule has 0 fully saturated rings. The summed E-state index contributed by atoms with van der Waals surface area (Å²) in [6.07, 6.45) is -4.82. The predicted molar refractivity (Wildman–Crippen MR) is 95.3 cm³/mol. The third-order valence-corrected chi connectivity index (χ3v) is 3.96. The Bertz CT molecular complexity index is 1130. The number of aromatic nitrogens is 2. The van der Waals surface area contributed by atoms with Crippen LogP contribution in [-0.2, 0) is 4.79 Å². The quantitative estimate of drug-likeness (QED) is 0.713. The van der Waals surface area contributed by atoms with Crippen LogP contribution >= 0.6 is 0 Å². The van der Waals surface area contributed by atoms with Crippen LogP contribution in [0.4, 0.5) is 18.9 Å². The number of benzene rings is 2. The molecule has 0 saturated carbocycles. The first-order chi connectivity index (χ1) is 13.2. The molecule has 1 atom stereocenters. The second kappa shape index (κ2) is 7.22. The molecule has 1 amide bonds. The van der Waals surface area contributed by atoms with Crippen LogP contribution in [0.3, 0.4) is 0 Å². The molecule has 3 aromatic rings. The lowest BCUT2D eigenvalue weighted by Crippen LogP contribution is -2.41. The predicted octanol–water partition coefficient (Wildman–Crippen LogP) is 2.79. The highest BCUT2D eigenvalue weighted by Gasteiger charge is 2.31. The molecular formula is C18H14F3N3O4. The summed E-state index contributed by atoms with van der Waals surface area (Å²) in [5.41, 5.74) is -0.852. The smallest absolute Gasteiger partial charge is 0.406 e. The van der Waals surface area contributed by atoms with Gasteiger partial charge in [-0.2, -0.15) is 0 Å². The van der Waals surface area contributed by atoms with Crippen molar-refractivity contribution in [1.29, 1.82) is 0 Å². The van der Waals surface area contributed by atoms with E-state index in [1.54, 1.807) is 18.2 Å². The van der Waals surface area contributed by atoms with E-state index in [1.165, 1.54) is 25.1 Å². The van der Waals surface area contributed by atoms with E-state index in [1.807, 2.05) is 0 Å². The van der Waals surface area contributed by atoms with Crippen molar-refractivity contribution in [3.63, 3.8) is 0 Å². The number of fused-ring (bicyclic) bond motifs is 1. The lowest BCUT2D eigenvalue weighted by Gasteiger charge is -2.15. The molecule has 1 heterocycles.